The molecule has 1 N–H and O–H groups in total. The Labute approximate surface area is 154 Å². The molecule has 0 aliphatic carbocycles. The van der Waals surface area contributed by atoms with Gasteiger partial charge in [-0.25, -0.2) is 14.5 Å². The number of alkyl halides is 3. The highest BCUT2D eigenvalue weighted by Gasteiger charge is 2.35. The van der Waals surface area contributed by atoms with E-state index < -0.39 is 23.3 Å². The lowest BCUT2D eigenvalue weighted by atomic mass is 10.1. The van der Waals surface area contributed by atoms with Crippen molar-refractivity contribution in [3.63, 3.8) is 0 Å². The molecule has 2 heterocycles. The van der Waals surface area contributed by atoms with Crippen LogP contribution in [-0.4, -0.2) is 20.7 Å². The van der Waals surface area contributed by atoms with Crippen LogP contribution < -0.4 is 10.6 Å². The van der Waals surface area contributed by atoms with Gasteiger partial charge in [-0.1, -0.05) is 23.7 Å². The van der Waals surface area contributed by atoms with Gasteiger partial charge in [0, 0.05) is 0 Å². The van der Waals surface area contributed by atoms with Gasteiger partial charge in [0.05, 0.1) is 34.1 Å². The number of rotatable bonds is 1. The Morgan fingerprint density at radius 1 is 1.04 bits per heavy atom. The number of aromatic nitrogens is 3. The topological polar surface area (TPSA) is 71.0 Å². The Kier molecular flexibility index (Phi) is 3.84. The van der Waals surface area contributed by atoms with Crippen LogP contribution in [0.3, 0.4) is 0 Å². The molecule has 6 nitrogen and oxygen atoms in total. The Morgan fingerprint density at radius 2 is 1.78 bits per heavy atom. The standard InChI is InChI=1S/C17H10ClF3N4O2/c18-10-3-1-2-4-11(10)24-13-7-9(17(19,20)21)5-6-12(13)25-14(8-15(24)26)22-23-16(25)27/h1-7H,8H2,(H,23,27). The summed E-state index contributed by atoms with van der Waals surface area (Å²) in [6.45, 7) is 0. The summed E-state index contributed by atoms with van der Waals surface area (Å²) in [6, 6.07) is 9.10. The third kappa shape index (κ3) is 2.80. The molecule has 0 radical (unpaired) electrons. The highest BCUT2D eigenvalue weighted by Crippen LogP contribution is 2.40. The van der Waals surface area contributed by atoms with Crippen molar-refractivity contribution in [3.05, 3.63) is 69.4 Å². The zero-order chi connectivity index (χ0) is 19.3. The summed E-state index contributed by atoms with van der Waals surface area (Å²) in [5.41, 5.74) is -1.40. The first-order valence-electron chi connectivity index (χ1n) is 7.73. The number of fused-ring (bicyclic) bond motifs is 3. The summed E-state index contributed by atoms with van der Waals surface area (Å²) in [6.07, 6.45) is -4.92. The van der Waals surface area contributed by atoms with Crippen molar-refractivity contribution in [1.29, 1.82) is 0 Å². The Morgan fingerprint density at radius 3 is 2.48 bits per heavy atom. The summed E-state index contributed by atoms with van der Waals surface area (Å²) < 4.78 is 40.9. The van der Waals surface area contributed by atoms with Crippen molar-refractivity contribution in [2.75, 3.05) is 4.90 Å². The van der Waals surface area contributed by atoms with Crippen LogP contribution in [0, 0.1) is 0 Å². The van der Waals surface area contributed by atoms with E-state index in [1.165, 1.54) is 12.1 Å². The van der Waals surface area contributed by atoms with Crippen LogP contribution >= 0.6 is 11.6 Å². The molecule has 3 aromatic rings. The molecule has 0 bridgehead atoms. The fourth-order valence-electron chi connectivity index (χ4n) is 3.01. The maximum absolute atomic E-state index is 13.3. The molecule has 1 aromatic heterocycles. The number of aromatic amines is 1. The fourth-order valence-corrected chi connectivity index (χ4v) is 3.23. The molecule has 2 aromatic carbocycles. The van der Waals surface area contributed by atoms with Gasteiger partial charge in [0.2, 0.25) is 5.91 Å². The van der Waals surface area contributed by atoms with Crippen molar-refractivity contribution < 1.29 is 18.0 Å². The first kappa shape index (κ1) is 17.3. The van der Waals surface area contributed by atoms with Crippen LogP contribution in [0.15, 0.2) is 47.3 Å². The second-order valence-corrected chi connectivity index (χ2v) is 6.25. The Balaban J connectivity index is 2.06. The molecule has 1 aliphatic heterocycles. The van der Waals surface area contributed by atoms with Gasteiger partial charge in [0.15, 0.2) is 0 Å². The monoisotopic (exact) mass is 394 g/mol. The predicted molar refractivity (Wildman–Crippen MR) is 91.5 cm³/mol. The number of hydrogen-bond donors (Lipinski definition) is 1. The van der Waals surface area contributed by atoms with Crippen molar-refractivity contribution in [3.8, 4) is 5.69 Å². The summed E-state index contributed by atoms with van der Waals surface area (Å²) in [4.78, 5) is 26.1. The highest BCUT2D eigenvalue weighted by molar-refractivity contribution is 6.34. The Hall–Kier alpha value is -3.07. The largest absolute Gasteiger partial charge is 0.416 e. The van der Waals surface area contributed by atoms with Crippen LogP contribution in [0.4, 0.5) is 24.5 Å². The minimum absolute atomic E-state index is 0.0977. The number of nitrogens with one attached hydrogen (secondary N) is 1. The van der Waals surface area contributed by atoms with E-state index in [1.54, 1.807) is 12.1 Å². The first-order valence-corrected chi connectivity index (χ1v) is 8.10. The number of amides is 1. The smallest absolute Gasteiger partial charge is 0.277 e. The van der Waals surface area contributed by atoms with E-state index in [-0.39, 0.29) is 34.3 Å². The van der Waals surface area contributed by atoms with Gasteiger partial charge in [-0.15, -0.1) is 0 Å². The van der Waals surface area contributed by atoms with Crippen LogP contribution in [0.25, 0.3) is 5.69 Å². The molecular formula is C17H10ClF3N4O2. The van der Waals surface area contributed by atoms with E-state index in [0.717, 1.165) is 27.7 Å². The van der Waals surface area contributed by atoms with Crippen molar-refractivity contribution in [2.45, 2.75) is 12.6 Å². The minimum atomic E-state index is -4.62. The third-order valence-corrected chi connectivity index (χ3v) is 4.50. The minimum Gasteiger partial charge on any atom is -0.277 e. The van der Waals surface area contributed by atoms with E-state index in [1.807, 2.05) is 0 Å². The molecule has 0 saturated heterocycles. The average Bonchev–Trinajstić information content (AvgIpc) is 2.90. The lowest BCUT2D eigenvalue weighted by Gasteiger charge is -2.24. The van der Waals surface area contributed by atoms with Crippen LogP contribution in [0.2, 0.25) is 5.02 Å². The molecule has 1 aliphatic rings. The van der Waals surface area contributed by atoms with Gasteiger partial charge in [-0.2, -0.15) is 18.3 Å². The van der Waals surface area contributed by atoms with Crippen LogP contribution in [0.5, 0.6) is 0 Å². The normalized spacial score (nSPS) is 13.9. The number of para-hydroxylation sites is 1. The molecule has 27 heavy (non-hydrogen) atoms. The fraction of sp³-hybridized carbons (Fsp3) is 0.118. The number of carbonyl (C=O) groups is 1. The van der Waals surface area contributed by atoms with Crippen molar-refractivity contribution >= 4 is 28.9 Å². The molecular weight excluding hydrogens is 385 g/mol. The van der Waals surface area contributed by atoms with Crippen molar-refractivity contribution in [1.82, 2.24) is 14.8 Å². The lowest BCUT2D eigenvalue weighted by Crippen LogP contribution is -2.27. The number of halogens is 4. The molecule has 10 heteroatoms. The summed E-state index contributed by atoms with van der Waals surface area (Å²) in [5, 5.41) is 6.21. The van der Waals surface area contributed by atoms with Gasteiger partial charge in [-0.05, 0) is 30.3 Å². The van der Waals surface area contributed by atoms with Gasteiger partial charge in [-0.3, -0.25) is 9.69 Å². The van der Waals surface area contributed by atoms with E-state index in [4.69, 9.17) is 11.6 Å². The van der Waals surface area contributed by atoms with Crippen LogP contribution in [-0.2, 0) is 17.4 Å². The number of benzene rings is 2. The SMILES string of the molecule is O=C1Cc2n[nH]c(=O)n2-c2ccc(C(F)(F)F)cc2N1c1ccccc1Cl. The second kappa shape index (κ2) is 5.98. The quantitative estimate of drug-likeness (QED) is 0.687. The number of nitrogens with zero attached hydrogens (tertiary/aromatic N) is 3. The van der Waals surface area contributed by atoms with Gasteiger partial charge < -0.3 is 0 Å². The molecule has 0 atom stereocenters. The van der Waals surface area contributed by atoms with E-state index in [0.29, 0.717) is 0 Å². The molecule has 0 saturated carbocycles. The number of hydrogen-bond acceptors (Lipinski definition) is 3. The third-order valence-electron chi connectivity index (χ3n) is 4.18. The Bertz CT molecular complexity index is 1120. The van der Waals surface area contributed by atoms with Gasteiger partial charge >= 0.3 is 11.9 Å². The zero-order valence-electron chi connectivity index (χ0n) is 13.4. The maximum Gasteiger partial charge on any atom is 0.416 e. The van der Waals surface area contributed by atoms with Gasteiger partial charge in [0.1, 0.15) is 5.82 Å². The summed E-state index contributed by atoms with van der Waals surface area (Å²) in [7, 11) is 0. The highest BCUT2D eigenvalue weighted by atomic mass is 35.5. The molecule has 1 amide bonds. The predicted octanol–water partition coefficient (Wildman–Crippen LogP) is 3.45. The molecule has 0 spiro atoms. The summed E-state index contributed by atoms with van der Waals surface area (Å²) >= 11 is 6.18. The molecule has 138 valence electrons. The van der Waals surface area contributed by atoms with E-state index in [9.17, 15) is 22.8 Å². The van der Waals surface area contributed by atoms with E-state index in [2.05, 4.69) is 10.2 Å². The number of carbonyl (C=O) groups excluding carboxylic acids is 1. The maximum atomic E-state index is 13.3. The second-order valence-electron chi connectivity index (χ2n) is 5.84. The first-order chi connectivity index (χ1) is 12.8. The molecule has 0 fully saturated rings. The molecule has 4 rings (SSSR count). The van der Waals surface area contributed by atoms with E-state index >= 15 is 0 Å². The lowest BCUT2D eigenvalue weighted by molar-refractivity contribution is -0.137. The van der Waals surface area contributed by atoms with Crippen molar-refractivity contribution in [2.24, 2.45) is 0 Å². The summed E-state index contributed by atoms with van der Waals surface area (Å²) in [5.74, 6) is -0.470. The zero-order valence-corrected chi connectivity index (χ0v) is 14.2. The van der Waals surface area contributed by atoms with Gasteiger partial charge in [0.25, 0.3) is 0 Å². The molecule has 0 unspecified atom stereocenters. The average molecular weight is 395 g/mol. The number of H-pyrrole nitrogens is 1. The number of anilines is 2. The van der Waals surface area contributed by atoms with Crippen LogP contribution in [0.1, 0.15) is 11.4 Å².